The van der Waals surface area contributed by atoms with E-state index in [1.165, 1.54) is 0 Å². The number of hydrogen-bond acceptors (Lipinski definition) is 5. The first-order valence-electron chi connectivity index (χ1n) is 11.0. The monoisotopic (exact) mass is 482 g/mol. The Labute approximate surface area is 201 Å². The van der Waals surface area contributed by atoms with Crippen LogP contribution in [0.25, 0.3) is 0 Å². The first-order chi connectivity index (χ1) is 16.3. The molecule has 3 rings (SSSR count). The topological polar surface area (TPSA) is 84.9 Å². The molecule has 3 aromatic carbocycles. The van der Waals surface area contributed by atoms with Crippen molar-refractivity contribution < 1.29 is 22.7 Å². The van der Waals surface area contributed by atoms with Gasteiger partial charge in [0.1, 0.15) is 24.7 Å². The lowest BCUT2D eigenvalue weighted by Crippen LogP contribution is -2.41. The van der Waals surface area contributed by atoms with Crippen LogP contribution in [0.1, 0.15) is 30.5 Å². The van der Waals surface area contributed by atoms with Gasteiger partial charge in [0.05, 0.1) is 25.1 Å². The Bertz CT molecular complexity index is 1160. The van der Waals surface area contributed by atoms with Crippen molar-refractivity contribution in [1.82, 2.24) is 5.32 Å². The first-order valence-corrected chi connectivity index (χ1v) is 12.8. The van der Waals surface area contributed by atoms with Crippen LogP contribution in [0.15, 0.2) is 78.9 Å². The molecule has 0 aromatic heterocycles. The molecular formula is C26H30N2O5S. The minimum atomic E-state index is -3.68. The van der Waals surface area contributed by atoms with Crippen molar-refractivity contribution in [1.29, 1.82) is 0 Å². The fourth-order valence-corrected chi connectivity index (χ4v) is 4.33. The summed E-state index contributed by atoms with van der Waals surface area (Å²) in [6.07, 6.45) is 1.74. The maximum atomic E-state index is 12.8. The van der Waals surface area contributed by atoms with Crippen LogP contribution >= 0.6 is 0 Å². The molecule has 0 saturated heterocycles. The fraction of sp³-hybridized carbons (Fsp3) is 0.269. The number of ether oxygens (including phenoxy) is 2. The number of nitrogens with zero attached hydrogens (tertiary/aromatic N) is 1. The van der Waals surface area contributed by atoms with Gasteiger partial charge in [0.15, 0.2) is 0 Å². The van der Waals surface area contributed by atoms with Crippen molar-refractivity contribution in [3.63, 3.8) is 0 Å². The normalized spacial score (nSPS) is 12.0. The maximum Gasteiger partial charge on any atom is 0.241 e. The molecular weight excluding hydrogens is 452 g/mol. The number of carbonyl (C=O) groups excluding carboxylic acids is 1. The number of nitrogens with one attached hydrogen (secondary N) is 1. The van der Waals surface area contributed by atoms with Gasteiger partial charge in [0, 0.05) is 0 Å². The highest BCUT2D eigenvalue weighted by Gasteiger charge is 2.22. The second-order valence-electron chi connectivity index (χ2n) is 7.84. The highest BCUT2D eigenvalue weighted by molar-refractivity contribution is 7.92. The van der Waals surface area contributed by atoms with Gasteiger partial charge in [-0.3, -0.25) is 9.10 Å². The standard InChI is InChI=1S/C26H30N2O5S/c1-4-25(21-10-14-23(32-2)15-11-21)27-26(29)18-28(34(3,30)31)22-12-16-24(17-13-22)33-19-20-8-6-5-7-9-20/h5-17,25H,4,18-19H2,1-3H3,(H,27,29)/t25-/m0/s1. The Morgan fingerprint density at radius 1 is 0.941 bits per heavy atom. The number of rotatable bonds is 11. The maximum absolute atomic E-state index is 12.8. The van der Waals surface area contributed by atoms with E-state index in [9.17, 15) is 13.2 Å². The van der Waals surface area contributed by atoms with E-state index in [1.54, 1.807) is 31.4 Å². The van der Waals surface area contributed by atoms with Crippen molar-refractivity contribution in [3.05, 3.63) is 90.0 Å². The van der Waals surface area contributed by atoms with E-state index in [-0.39, 0.29) is 12.6 Å². The lowest BCUT2D eigenvalue weighted by molar-refractivity contribution is -0.120. The molecule has 34 heavy (non-hydrogen) atoms. The van der Waals surface area contributed by atoms with Crippen LogP contribution < -0.4 is 19.1 Å². The van der Waals surface area contributed by atoms with Crippen molar-refractivity contribution in [2.45, 2.75) is 26.0 Å². The third-order valence-electron chi connectivity index (χ3n) is 5.32. The van der Waals surface area contributed by atoms with E-state index in [4.69, 9.17) is 9.47 Å². The molecule has 0 bridgehead atoms. The van der Waals surface area contributed by atoms with E-state index >= 15 is 0 Å². The molecule has 8 heteroatoms. The van der Waals surface area contributed by atoms with Crippen molar-refractivity contribution in [3.8, 4) is 11.5 Å². The fourth-order valence-electron chi connectivity index (χ4n) is 3.48. The molecule has 180 valence electrons. The minimum Gasteiger partial charge on any atom is -0.497 e. The number of hydrogen-bond donors (Lipinski definition) is 1. The Hall–Kier alpha value is -3.52. The van der Waals surface area contributed by atoms with Crippen LogP contribution in [0.5, 0.6) is 11.5 Å². The molecule has 0 heterocycles. The number of methoxy groups -OCH3 is 1. The summed E-state index contributed by atoms with van der Waals surface area (Å²) >= 11 is 0. The van der Waals surface area contributed by atoms with E-state index in [2.05, 4.69) is 5.32 Å². The zero-order valence-electron chi connectivity index (χ0n) is 19.6. The Kier molecular flexibility index (Phi) is 8.54. The van der Waals surface area contributed by atoms with Crippen molar-refractivity contribution >= 4 is 21.6 Å². The van der Waals surface area contributed by atoms with Crippen LogP contribution in [-0.4, -0.2) is 34.2 Å². The van der Waals surface area contributed by atoms with E-state index < -0.39 is 15.9 Å². The molecule has 1 amide bonds. The SMILES string of the molecule is CC[C@H](NC(=O)CN(c1ccc(OCc2ccccc2)cc1)S(C)(=O)=O)c1ccc(OC)cc1. The van der Waals surface area contributed by atoms with Gasteiger partial charge in [-0.05, 0) is 53.9 Å². The van der Waals surface area contributed by atoms with E-state index in [0.29, 0.717) is 24.5 Å². The molecule has 0 aliphatic carbocycles. The largest absolute Gasteiger partial charge is 0.497 e. The van der Waals surface area contributed by atoms with Gasteiger partial charge in [-0.2, -0.15) is 0 Å². The Morgan fingerprint density at radius 2 is 1.56 bits per heavy atom. The summed E-state index contributed by atoms with van der Waals surface area (Å²) in [6, 6.07) is 23.6. The Balaban J connectivity index is 1.67. The zero-order chi connectivity index (χ0) is 24.6. The van der Waals surface area contributed by atoms with Crippen LogP contribution in [-0.2, 0) is 21.4 Å². The second kappa shape index (κ2) is 11.6. The number of carbonyl (C=O) groups is 1. The van der Waals surface area contributed by atoms with Gasteiger partial charge in [-0.25, -0.2) is 8.42 Å². The molecule has 0 radical (unpaired) electrons. The van der Waals surface area contributed by atoms with Crippen molar-refractivity contribution in [2.75, 3.05) is 24.2 Å². The van der Waals surface area contributed by atoms with Gasteiger partial charge in [-0.15, -0.1) is 0 Å². The lowest BCUT2D eigenvalue weighted by Gasteiger charge is -2.24. The van der Waals surface area contributed by atoms with Crippen LogP contribution in [0.4, 0.5) is 5.69 Å². The van der Waals surface area contributed by atoms with Gasteiger partial charge in [0.25, 0.3) is 0 Å². The van der Waals surface area contributed by atoms with E-state index in [1.807, 2.05) is 61.5 Å². The smallest absolute Gasteiger partial charge is 0.241 e. The van der Waals surface area contributed by atoms with E-state index in [0.717, 1.165) is 27.4 Å². The second-order valence-corrected chi connectivity index (χ2v) is 9.75. The predicted molar refractivity (Wildman–Crippen MR) is 134 cm³/mol. The Morgan fingerprint density at radius 3 is 2.12 bits per heavy atom. The average molecular weight is 483 g/mol. The molecule has 0 aliphatic rings. The summed E-state index contributed by atoms with van der Waals surface area (Å²) in [4.78, 5) is 12.8. The molecule has 1 atom stereocenters. The summed E-state index contributed by atoms with van der Waals surface area (Å²) in [7, 11) is -2.09. The minimum absolute atomic E-state index is 0.242. The quantitative estimate of drug-likeness (QED) is 0.440. The highest BCUT2D eigenvalue weighted by atomic mass is 32.2. The first kappa shape index (κ1) is 25.1. The molecule has 0 spiro atoms. The van der Waals surface area contributed by atoms with Crippen LogP contribution in [0.2, 0.25) is 0 Å². The summed E-state index contributed by atoms with van der Waals surface area (Å²) in [5, 5.41) is 2.93. The van der Waals surface area contributed by atoms with Crippen molar-refractivity contribution in [2.24, 2.45) is 0 Å². The van der Waals surface area contributed by atoms with Gasteiger partial charge in [-0.1, -0.05) is 49.4 Å². The van der Waals surface area contributed by atoms with Gasteiger partial charge >= 0.3 is 0 Å². The molecule has 0 fully saturated rings. The van der Waals surface area contributed by atoms with Gasteiger partial charge in [0.2, 0.25) is 15.9 Å². The predicted octanol–water partition coefficient (Wildman–Crippen LogP) is 4.31. The molecule has 3 aromatic rings. The average Bonchev–Trinajstić information content (AvgIpc) is 2.85. The van der Waals surface area contributed by atoms with Gasteiger partial charge < -0.3 is 14.8 Å². The third-order valence-corrected chi connectivity index (χ3v) is 6.46. The number of benzene rings is 3. The number of amides is 1. The van der Waals surface area contributed by atoms with Crippen LogP contribution in [0, 0.1) is 0 Å². The summed E-state index contributed by atoms with van der Waals surface area (Å²) in [5.74, 6) is 0.943. The molecule has 0 saturated carbocycles. The number of anilines is 1. The third kappa shape index (κ3) is 6.99. The summed E-state index contributed by atoms with van der Waals surface area (Å²) in [5.41, 5.74) is 2.34. The molecule has 0 aliphatic heterocycles. The molecule has 1 N–H and O–H groups in total. The number of sulfonamides is 1. The summed E-state index contributed by atoms with van der Waals surface area (Å²) in [6.45, 7) is 2.04. The molecule has 0 unspecified atom stereocenters. The molecule has 7 nitrogen and oxygen atoms in total. The van der Waals surface area contributed by atoms with Crippen LogP contribution in [0.3, 0.4) is 0 Å². The lowest BCUT2D eigenvalue weighted by atomic mass is 10.0. The highest BCUT2D eigenvalue weighted by Crippen LogP contribution is 2.23. The zero-order valence-corrected chi connectivity index (χ0v) is 20.4. The summed E-state index contributed by atoms with van der Waals surface area (Å²) < 4.78 is 37.0.